The number of carbonyl (C=O) groups excluding carboxylic acids is 1. The first-order chi connectivity index (χ1) is 10.3. The Morgan fingerprint density at radius 2 is 2.05 bits per heavy atom. The van der Waals surface area contributed by atoms with Crippen molar-refractivity contribution < 1.29 is 4.79 Å². The molecule has 0 aromatic heterocycles. The summed E-state index contributed by atoms with van der Waals surface area (Å²) in [7, 11) is 0. The van der Waals surface area contributed by atoms with Gasteiger partial charge in [-0.05, 0) is 17.5 Å². The molecule has 0 saturated heterocycles. The summed E-state index contributed by atoms with van der Waals surface area (Å²) in [4.78, 5) is 11.7. The molecule has 1 N–H and O–H groups in total. The lowest BCUT2D eigenvalue weighted by Crippen LogP contribution is -2.24. The summed E-state index contributed by atoms with van der Waals surface area (Å²) in [6.45, 7) is 3.02. The molecule has 1 aromatic rings. The van der Waals surface area contributed by atoms with E-state index in [0.29, 0.717) is 6.42 Å². The molecule has 21 heavy (non-hydrogen) atoms. The third kappa shape index (κ3) is 9.10. The second-order valence-electron chi connectivity index (χ2n) is 5.19. The number of carbonyl (C=O) groups is 1. The Morgan fingerprint density at radius 1 is 1.24 bits per heavy atom. The van der Waals surface area contributed by atoms with Gasteiger partial charge >= 0.3 is 0 Å². The fourth-order valence-corrected chi connectivity index (χ4v) is 3.13. The fourth-order valence-electron chi connectivity index (χ4n) is 2.04. The van der Waals surface area contributed by atoms with Gasteiger partial charge in [-0.15, -0.1) is 0 Å². The van der Waals surface area contributed by atoms with Crippen molar-refractivity contribution in [3.63, 3.8) is 0 Å². The number of hydrogen-bond donors (Lipinski definition) is 2. The van der Waals surface area contributed by atoms with E-state index in [1.807, 2.05) is 11.8 Å². The number of rotatable bonds is 11. The summed E-state index contributed by atoms with van der Waals surface area (Å²) in [6.07, 6.45) is 5.43. The largest absolute Gasteiger partial charge is 0.356 e. The van der Waals surface area contributed by atoms with Crippen LogP contribution in [0.1, 0.15) is 50.2 Å². The summed E-state index contributed by atoms with van der Waals surface area (Å²) < 4.78 is 0. The Bertz CT molecular complexity index is 410. The van der Waals surface area contributed by atoms with Crippen LogP contribution in [-0.2, 0) is 16.3 Å². The third-order valence-corrected chi connectivity index (χ3v) is 4.66. The average molecular weight is 326 g/mol. The number of benzene rings is 1. The molecular weight excluding hydrogens is 298 g/mol. The summed E-state index contributed by atoms with van der Waals surface area (Å²) in [5, 5.41) is 3.00. The van der Waals surface area contributed by atoms with Gasteiger partial charge in [-0.2, -0.15) is 24.4 Å². The third-order valence-electron chi connectivity index (χ3n) is 3.27. The van der Waals surface area contributed by atoms with Crippen LogP contribution in [0.5, 0.6) is 0 Å². The average Bonchev–Trinajstić information content (AvgIpc) is 2.51. The summed E-state index contributed by atoms with van der Waals surface area (Å²) in [5.41, 5.74) is 2.56. The van der Waals surface area contributed by atoms with Crippen LogP contribution in [0.4, 0.5) is 0 Å². The number of thioether (sulfide) groups is 1. The Morgan fingerprint density at radius 3 is 2.81 bits per heavy atom. The molecule has 0 heterocycles. The number of thiol groups is 1. The van der Waals surface area contributed by atoms with Gasteiger partial charge < -0.3 is 5.32 Å². The fraction of sp³-hybridized carbons (Fsp3) is 0.588. The van der Waals surface area contributed by atoms with Gasteiger partial charge in [0.1, 0.15) is 0 Å². The predicted octanol–water partition coefficient (Wildman–Crippen LogP) is 4.44. The van der Waals surface area contributed by atoms with Gasteiger partial charge in [0, 0.05) is 30.2 Å². The Labute approximate surface area is 138 Å². The van der Waals surface area contributed by atoms with Gasteiger partial charge in [-0.1, -0.05) is 50.5 Å². The van der Waals surface area contributed by atoms with Crippen LogP contribution in [0, 0.1) is 0 Å². The van der Waals surface area contributed by atoms with Crippen LogP contribution in [0.2, 0.25) is 0 Å². The molecule has 0 radical (unpaired) electrons. The Kier molecular flexibility index (Phi) is 10.5. The normalized spacial score (nSPS) is 10.6. The van der Waals surface area contributed by atoms with E-state index < -0.39 is 0 Å². The second-order valence-corrected chi connectivity index (χ2v) is 6.61. The number of amides is 1. The number of hydrogen-bond acceptors (Lipinski definition) is 3. The highest BCUT2D eigenvalue weighted by atomic mass is 32.2. The van der Waals surface area contributed by atoms with Crippen molar-refractivity contribution in [2.45, 2.75) is 50.5 Å². The predicted molar refractivity (Wildman–Crippen MR) is 97.1 cm³/mol. The molecule has 1 amide bonds. The lowest BCUT2D eigenvalue weighted by atomic mass is 10.2. The van der Waals surface area contributed by atoms with Crippen molar-refractivity contribution in [1.82, 2.24) is 5.32 Å². The molecule has 0 aliphatic rings. The topological polar surface area (TPSA) is 29.1 Å². The molecule has 0 atom stereocenters. The van der Waals surface area contributed by atoms with Gasteiger partial charge in [0.15, 0.2) is 0 Å². The highest BCUT2D eigenvalue weighted by Gasteiger charge is 2.01. The van der Waals surface area contributed by atoms with Gasteiger partial charge in [-0.25, -0.2) is 0 Å². The Hall–Kier alpha value is -0.610. The molecule has 0 spiro atoms. The maximum Gasteiger partial charge on any atom is 0.220 e. The van der Waals surface area contributed by atoms with Gasteiger partial charge in [-0.3, -0.25) is 4.79 Å². The molecule has 0 aliphatic carbocycles. The second kappa shape index (κ2) is 12.0. The highest BCUT2D eigenvalue weighted by molar-refractivity contribution is 7.98. The first-order valence-corrected chi connectivity index (χ1v) is 9.58. The molecule has 4 heteroatoms. The van der Waals surface area contributed by atoms with Crippen molar-refractivity contribution >= 4 is 30.3 Å². The van der Waals surface area contributed by atoms with Gasteiger partial charge in [0.25, 0.3) is 0 Å². The molecule has 0 aliphatic heterocycles. The van der Waals surface area contributed by atoms with Crippen molar-refractivity contribution in [3.05, 3.63) is 35.4 Å². The lowest BCUT2D eigenvalue weighted by molar-refractivity contribution is -0.120. The summed E-state index contributed by atoms with van der Waals surface area (Å²) in [6, 6.07) is 8.49. The van der Waals surface area contributed by atoms with E-state index in [1.54, 1.807) is 0 Å². The van der Waals surface area contributed by atoms with E-state index in [2.05, 4.69) is 49.1 Å². The van der Waals surface area contributed by atoms with Gasteiger partial charge in [0.05, 0.1) is 0 Å². The molecule has 1 rings (SSSR count). The van der Waals surface area contributed by atoms with Crippen LogP contribution in [0.15, 0.2) is 24.3 Å². The number of nitrogens with one attached hydrogen (secondary N) is 1. The molecule has 1 aromatic carbocycles. The van der Waals surface area contributed by atoms with Crippen LogP contribution in [-0.4, -0.2) is 18.2 Å². The van der Waals surface area contributed by atoms with Crippen LogP contribution in [0.3, 0.4) is 0 Å². The summed E-state index contributed by atoms with van der Waals surface area (Å²) >= 11 is 6.10. The van der Waals surface area contributed by atoms with Crippen molar-refractivity contribution in [2.24, 2.45) is 0 Å². The van der Waals surface area contributed by atoms with Crippen molar-refractivity contribution in [2.75, 3.05) is 12.3 Å². The number of unbranched alkanes of at least 4 members (excludes halogenated alkanes) is 3. The minimum absolute atomic E-state index is 0.183. The van der Waals surface area contributed by atoms with Gasteiger partial charge in [0.2, 0.25) is 5.91 Å². The van der Waals surface area contributed by atoms with E-state index in [-0.39, 0.29) is 5.91 Å². The smallest absolute Gasteiger partial charge is 0.220 e. The van der Waals surface area contributed by atoms with E-state index in [0.717, 1.165) is 30.2 Å². The molecule has 0 unspecified atom stereocenters. The molecule has 2 nitrogen and oxygen atoms in total. The molecule has 0 fully saturated rings. The first-order valence-electron chi connectivity index (χ1n) is 7.79. The molecule has 0 saturated carbocycles. The Balaban J connectivity index is 2.06. The highest BCUT2D eigenvalue weighted by Crippen LogP contribution is 2.15. The minimum Gasteiger partial charge on any atom is -0.356 e. The zero-order valence-corrected chi connectivity index (χ0v) is 14.6. The van der Waals surface area contributed by atoms with Crippen molar-refractivity contribution in [3.8, 4) is 0 Å². The van der Waals surface area contributed by atoms with E-state index in [4.69, 9.17) is 0 Å². The molecular formula is C17H27NOS2. The van der Waals surface area contributed by atoms with Crippen LogP contribution < -0.4 is 5.32 Å². The quantitative estimate of drug-likeness (QED) is 0.465. The SMILES string of the molecule is CCCCCCNC(=O)CCSCc1cccc(CS)c1. The summed E-state index contributed by atoms with van der Waals surface area (Å²) in [5.74, 6) is 2.80. The van der Waals surface area contributed by atoms with E-state index >= 15 is 0 Å². The maximum absolute atomic E-state index is 11.7. The van der Waals surface area contributed by atoms with Crippen LogP contribution in [0.25, 0.3) is 0 Å². The van der Waals surface area contributed by atoms with Crippen molar-refractivity contribution in [1.29, 1.82) is 0 Å². The first kappa shape index (κ1) is 18.4. The monoisotopic (exact) mass is 325 g/mol. The molecule has 0 bridgehead atoms. The molecule has 118 valence electrons. The standard InChI is InChI=1S/C17H27NOS2/c1-2-3-4-5-10-18-17(19)9-11-21-14-16-8-6-7-15(12-16)13-20/h6-8,12,20H,2-5,9-11,13-14H2,1H3,(H,18,19). The van der Waals surface area contributed by atoms with E-state index in [9.17, 15) is 4.79 Å². The van der Waals surface area contributed by atoms with E-state index in [1.165, 1.54) is 30.4 Å². The minimum atomic E-state index is 0.183. The van der Waals surface area contributed by atoms with Crippen LogP contribution >= 0.6 is 24.4 Å². The zero-order chi connectivity index (χ0) is 15.3. The maximum atomic E-state index is 11.7. The zero-order valence-electron chi connectivity index (χ0n) is 12.9. The lowest BCUT2D eigenvalue weighted by Gasteiger charge is -2.06.